The van der Waals surface area contributed by atoms with E-state index in [1.165, 1.54) is 19.0 Å². The molecule has 0 rings (SSSR count). The fourth-order valence-corrected chi connectivity index (χ4v) is 0.349. The maximum Gasteiger partial charge on any atom is 0.409 e. The Morgan fingerprint density at radius 3 is 2.55 bits per heavy atom. The van der Waals surface area contributed by atoms with Crippen molar-refractivity contribution < 1.29 is 19.7 Å². The first-order chi connectivity index (χ1) is 5.07. The Kier molecular flexibility index (Phi) is 4.56. The number of rotatable bonds is 3. The summed E-state index contributed by atoms with van der Waals surface area (Å²) in [6, 6.07) is 0. The average molecular weight is 163 g/mol. The van der Waals surface area contributed by atoms with Crippen LogP contribution in [0.25, 0.3) is 0 Å². The molecular formula is C6H13NO4. The van der Waals surface area contributed by atoms with Crippen molar-refractivity contribution in [3.05, 3.63) is 0 Å². The van der Waals surface area contributed by atoms with E-state index in [4.69, 9.17) is 10.2 Å². The molecule has 0 aliphatic carbocycles. The van der Waals surface area contributed by atoms with Crippen LogP contribution in [0.5, 0.6) is 0 Å². The Hall–Kier alpha value is -0.810. The summed E-state index contributed by atoms with van der Waals surface area (Å²) in [4.78, 5) is 11.9. The molecule has 0 fully saturated rings. The smallest absolute Gasteiger partial charge is 0.409 e. The van der Waals surface area contributed by atoms with E-state index in [-0.39, 0.29) is 6.61 Å². The molecule has 0 saturated carbocycles. The molecule has 0 heterocycles. The first kappa shape index (κ1) is 10.2. The van der Waals surface area contributed by atoms with Crippen molar-refractivity contribution in [3.8, 4) is 0 Å². The monoisotopic (exact) mass is 163 g/mol. The largest absolute Gasteiger partial charge is 0.447 e. The van der Waals surface area contributed by atoms with E-state index in [1.807, 2.05) is 0 Å². The molecule has 0 radical (unpaired) electrons. The van der Waals surface area contributed by atoms with E-state index >= 15 is 0 Å². The maximum absolute atomic E-state index is 10.7. The van der Waals surface area contributed by atoms with Crippen molar-refractivity contribution in [2.24, 2.45) is 0 Å². The molecule has 0 spiro atoms. The summed E-state index contributed by atoms with van der Waals surface area (Å²) in [5, 5.41) is 17.1. The lowest BCUT2D eigenvalue weighted by molar-refractivity contribution is 0.0243. The van der Waals surface area contributed by atoms with Gasteiger partial charge >= 0.3 is 6.09 Å². The SMILES string of the molecule is CN(C)C(=O)OCC(O)CO. The van der Waals surface area contributed by atoms with Gasteiger partial charge in [-0.1, -0.05) is 0 Å². The third-order valence-corrected chi connectivity index (χ3v) is 0.975. The predicted octanol–water partition coefficient (Wildman–Crippen LogP) is -0.962. The van der Waals surface area contributed by atoms with E-state index in [9.17, 15) is 4.79 Å². The summed E-state index contributed by atoms with van der Waals surface area (Å²) in [6.45, 7) is -0.575. The Bertz CT molecular complexity index is 126. The maximum atomic E-state index is 10.7. The van der Waals surface area contributed by atoms with Crippen molar-refractivity contribution in [3.63, 3.8) is 0 Å². The van der Waals surface area contributed by atoms with E-state index < -0.39 is 18.8 Å². The summed E-state index contributed by atoms with van der Waals surface area (Å²) in [7, 11) is 3.07. The molecule has 5 heteroatoms. The second-order valence-electron chi connectivity index (χ2n) is 2.31. The quantitative estimate of drug-likeness (QED) is 0.562. The molecule has 2 N–H and O–H groups in total. The van der Waals surface area contributed by atoms with Gasteiger partial charge in [-0.2, -0.15) is 0 Å². The standard InChI is InChI=1S/C6H13NO4/c1-7(2)6(10)11-4-5(9)3-8/h5,8-9H,3-4H2,1-2H3. The highest BCUT2D eigenvalue weighted by molar-refractivity contribution is 5.66. The van der Waals surface area contributed by atoms with Gasteiger partial charge in [0.2, 0.25) is 0 Å². The number of amides is 1. The Labute approximate surface area is 65.2 Å². The number of aliphatic hydroxyl groups excluding tert-OH is 2. The molecule has 1 atom stereocenters. The number of carbonyl (C=O) groups is 1. The molecule has 0 saturated heterocycles. The van der Waals surface area contributed by atoms with Crippen LogP contribution in [-0.2, 0) is 4.74 Å². The third-order valence-electron chi connectivity index (χ3n) is 0.975. The van der Waals surface area contributed by atoms with Gasteiger partial charge in [0.1, 0.15) is 12.7 Å². The number of ether oxygens (including phenoxy) is 1. The molecular weight excluding hydrogens is 150 g/mol. The molecule has 0 aliphatic rings. The highest BCUT2D eigenvalue weighted by atomic mass is 16.6. The minimum atomic E-state index is -0.987. The summed E-state index contributed by atoms with van der Waals surface area (Å²) in [5.74, 6) is 0. The van der Waals surface area contributed by atoms with Gasteiger partial charge in [0.15, 0.2) is 0 Å². The van der Waals surface area contributed by atoms with E-state index in [0.29, 0.717) is 0 Å². The highest BCUT2D eigenvalue weighted by Gasteiger charge is 2.08. The molecule has 11 heavy (non-hydrogen) atoms. The zero-order valence-electron chi connectivity index (χ0n) is 6.65. The van der Waals surface area contributed by atoms with Crippen LogP contribution in [0.15, 0.2) is 0 Å². The van der Waals surface area contributed by atoms with Crippen LogP contribution in [0.3, 0.4) is 0 Å². The minimum Gasteiger partial charge on any atom is -0.447 e. The van der Waals surface area contributed by atoms with Crippen LogP contribution in [0.4, 0.5) is 4.79 Å². The van der Waals surface area contributed by atoms with Gasteiger partial charge in [0.05, 0.1) is 6.61 Å². The molecule has 0 aromatic heterocycles. The van der Waals surface area contributed by atoms with Crippen LogP contribution in [0, 0.1) is 0 Å². The Balaban J connectivity index is 3.46. The van der Waals surface area contributed by atoms with Crippen molar-refractivity contribution >= 4 is 6.09 Å². The lowest BCUT2D eigenvalue weighted by Gasteiger charge is -2.12. The molecule has 0 aromatic carbocycles. The van der Waals surface area contributed by atoms with Crippen molar-refractivity contribution in [1.82, 2.24) is 4.90 Å². The number of nitrogens with zero attached hydrogens (tertiary/aromatic N) is 1. The molecule has 0 aromatic rings. The zero-order chi connectivity index (χ0) is 8.85. The fraction of sp³-hybridized carbons (Fsp3) is 0.833. The van der Waals surface area contributed by atoms with E-state index in [2.05, 4.69) is 4.74 Å². The zero-order valence-corrected chi connectivity index (χ0v) is 6.65. The van der Waals surface area contributed by atoms with Crippen LogP contribution in [0.1, 0.15) is 0 Å². The minimum absolute atomic E-state index is 0.173. The molecule has 0 bridgehead atoms. The van der Waals surface area contributed by atoms with Crippen molar-refractivity contribution in [2.45, 2.75) is 6.10 Å². The number of aliphatic hydroxyl groups is 2. The molecule has 1 unspecified atom stereocenters. The van der Waals surface area contributed by atoms with Crippen molar-refractivity contribution in [2.75, 3.05) is 27.3 Å². The summed E-state index contributed by atoms with van der Waals surface area (Å²) >= 11 is 0. The predicted molar refractivity (Wildman–Crippen MR) is 38.1 cm³/mol. The second kappa shape index (κ2) is 4.92. The molecule has 0 aliphatic heterocycles. The van der Waals surface area contributed by atoms with Gasteiger partial charge in [-0.05, 0) is 0 Å². The van der Waals surface area contributed by atoms with Crippen molar-refractivity contribution in [1.29, 1.82) is 0 Å². The fourth-order valence-electron chi connectivity index (χ4n) is 0.349. The van der Waals surface area contributed by atoms with Gasteiger partial charge in [-0.25, -0.2) is 4.79 Å². The first-order valence-electron chi connectivity index (χ1n) is 3.21. The molecule has 1 amide bonds. The van der Waals surface area contributed by atoms with Gasteiger partial charge in [-0.15, -0.1) is 0 Å². The molecule has 66 valence electrons. The number of hydrogen-bond acceptors (Lipinski definition) is 4. The number of carbonyl (C=O) groups excluding carboxylic acids is 1. The highest BCUT2D eigenvalue weighted by Crippen LogP contribution is 1.88. The summed E-state index contributed by atoms with van der Waals surface area (Å²) in [6.07, 6.45) is -1.52. The first-order valence-corrected chi connectivity index (χ1v) is 3.21. The van der Waals surface area contributed by atoms with Gasteiger partial charge in [-0.3, -0.25) is 0 Å². The average Bonchev–Trinajstić information content (AvgIpc) is 1.99. The van der Waals surface area contributed by atoms with Gasteiger partial charge in [0, 0.05) is 14.1 Å². The second-order valence-corrected chi connectivity index (χ2v) is 2.31. The van der Waals surface area contributed by atoms with E-state index in [0.717, 1.165) is 0 Å². The van der Waals surface area contributed by atoms with Crippen LogP contribution in [-0.4, -0.2) is 54.6 Å². The lowest BCUT2D eigenvalue weighted by atomic mass is 10.4. The van der Waals surface area contributed by atoms with Crippen LogP contribution in [0.2, 0.25) is 0 Å². The molecule has 5 nitrogen and oxygen atoms in total. The third kappa shape index (κ3) is 4.58. The number of hydrogen-bond donors (Lipinski definition) is 2. The van der Waals surface area contributed by atoms with Gasteiger partial charge < -0.3 is 19.8 Å². The Morgan fingerprint density at radius 2 is 2.18 bits per heavy atom. The van der Waals surface area contributed by atoms with Crippen LogP contribution >= 0.6 is 0 Å². The van der Waals surface area contributed by atoms with Gasteiger partial charge in [0.25, 0.3) is 0 Å². The van der Waals surface area contributed by atoms with E-state index in [1.54, 1.807) is 0 Å². The van der Waals surface area contributed by atoms with Crippen LogP contribution < -0.4 is 0 Å². The normalized spacial score (nSPS) is 12.4. The Morgan fingerprint density at radius 1 is 1.64 bits per heavy atom. The summed E-state index contributed by atoms with van der Waals surface area (Å²) < 4.78 is 4.53. The lowest BCUT2D eigenvalue weighted by Crippen LogP contribution is -2.28. The summed E-state index contributed by atoms with van der Waals surface area (Å²) in [5.41, 5.74) is 0. The topological polar surface area (TPSA) is 70.0 Å².